The Morgan fingerprint density at radius 1 is 1.30 bits per heavy atom. The fourth-order valence-corrected chi connectivity index (χ4v) is 2.49. The number of carbonyl (C=O) groups is 1. The number of halogens is 3. The fourth-order valence-electron chi connectivity index (χ4n) is 2.49. The molecule has 1 aromatic heterocycles. The van der Waals surface area contributed by atoms with Gasteiger partial charge >= 0.3 is 0 Å². The molecular formula is C15H16ClF2N3O2. The molecule has 0 saturated heterocycles. The summed E-state index contributed by atoms with van der Waals surface area (Å²) in [4.78, 5) is 17.8. The molecule has 5 nitrogen and oxygen atoms in total. The molecule has 8 heteroatoms. The summed E-state index contributed by atoms with van der Waals surface area (Å²) >= 11 is 0. The molecule has 124 valence electrons. The third-order valence-corrected chi connectivity index (χ3v) is 3.55. The minimum Gasteiger partial charge on any atom is -0.441 e. The third kappa shape index (κ3) is 3.68. The van der Waals surface area contributed by atoms with E-state index in [4.69, 9.17) is 10.2 Å². The smallest absolute Gasteiger partial charge is 0.226 e. The van der Waals surface area contributed by atoms with Gasteiger partial charge in [-0.1, -0.05) is 0 Å². The van der Waals surface area contributed by atoms with Crippen LogP contribution in [0.15, 0.2) is 22.6 Å². The van der Waals surface area contributed by atoms with Gasteiger partial charge in [0.1, 0.15) is 23.1 Å². The number of amides is 1. The highest BCUT2D eigenvalue weighted by Gasteiger charge is 2.25. The molecule has 2 aromatic rings. The van der Waals surface area contributed by atoms with Gasteiger partial charge in [0, 0.05) is 37.6 Å². The first-order chi connectivity index (χ1) is 10.6. The van der Waals surface area contributed by atoms with Gasteiger partial charge in [-0.15, -0.1) is 12.4 Å². The molecule has 0 spiro atoms. The highest BCUT2D eigenvalue weighted by atomic mass is 35.5. The highest BCUT2D eigenvalue weighted by Crippen LogP contribution is 2.27. The lowest BCUT2D eigenvalue weighted by atomic mass is 10.1. The van der Waals surface area contributed by atoms with Gasteiger partial charge in [0.15, 0.2) is 0 Å². The van der Waals surface area contributed by atoms with E-state index in [9.17, 15) is 13.6 Å². The first-order valence-electron chi connectivity index (χ1n) is 6.99. The number of oxazole rings is 1. The Hall–Kier alpha value is -1.99. The van der Waals surface area contributed by atoms with Gasteiger partial charge in [-0.2, -0.15) is 0 Å². The molecular weight excluding hydrogens is 328 g/mol. The largest absolute Gasteiger partial charge is 0.441 e. The highest BCUT2D eigenvalue weighted by molar-refractivity contribution is 5.85. The van der Waals surface area contributed by atoms with Crippen LogP contribution in [0.25, 0.3) is 11.5 Å². The van der Waals surface area contributed by atoms with E-state index in [0.29, 0.717) is 37.5 Å². The van der Waals surface area contributed by atoms with Crippen molar-refractivity contribution in [2.24, 2.45) is 5.73 Å². The van der Waals surface area contributed by atoms with Gasteiger partial charge in [0.05, 0.1) is 6.54 Å². The Morgan fingerprint density at radius 2 is 2.00 bits per heavy atom. The lowest BCUT2D eigenvalue weighted by Gasteiger charge is -2.25. The molecule has 0 aliphatic carbocycles. The second-order valence-electron chi connectivity index (χ2n) is 5.15. The maximum Gasteiger partial charge on any atom is 0.226 e. The van der Waals surface area contributed by atoms with Crippen LogP contribution < -0.4 is 5.73 Å². The average molecular weight is 344 g/mol. The number of aromatic nitrogens is 1. The van der Waals surface area contributed by atoms with E-state index in [1.165, 1.54) is 0 Å². The number of nitrogens with zero attached hydrogens (tertiary/aromatic N) is 2. The van der Waals surface area contributed by atoms with Crippen molar-refractivity contribution < 1.29 is 18.0 Å². The Morgan fingerprint density at radius 3 is 2.65 bits per heavy atom. The van der Waals surface area contributed by atoms with Crippen LogP contribution >= 0.6 is 12.4 Å². The van der Waals surface area contributed by atoms with Gasteiger partial charge in [0.25, 0.3) is 0 Å². The van der Waals surface area contributed by atoms with Crippen LogP contribution in [0.3, 0.4) is 0 Å². The molecule has 2 N–H and O–H groups in total. The molecule has 0 fully saturated rings. The van der Waals surface area contributed by atoms with Gasteiger partial charge in [-0.05, 0) is 12.1 Å². The summed E-state index contributed by atoms with van der Waals surface area (Å²) < 4.78 is 32.1. The second kappa shape index (κ2) is 7.06. The van der Waals surface area contributed by atoms with E-state index in [1.54, 1.807) is 4.90 Å². The van der Waals surface area contributed by atoms with E-state index in [1.807, 2.05) is 0 Å². The SMILES string of the molecule is Cl.NCCC(=O)N1CCc2oc(-c3cc(F)cc(F)c3)nc2C1. The number of fused-ring (bicyclic) bond motifs is 1. The van der Waals surface area contributed by atoms with Crippen LogP contribution in [0.2, 0.25) is 0 Å². The minimum atomic E-state index is -0.689. The van der Waals surface area contributed by atoms with Gasteiger partial charge < -0.3 is 15.1 Å². The van der Waals surface area contributed by atoms with E-state index in [2.05, 4.69) is 4.98 Å². The topological polar surface area (TPSA) is 72.4 Å². The van der Waals surface area contributed by atoms with E-state index in [-0.39, 0.29) is 36.2 Å². The zero-order chi connectivity index (χ0) is 15.7. The fraction of sp³-hybridized carbons (Fsp3) is 0.333. The maximum absolute atomic E-state index is 13.3. The summed E-state index contributed by atoms with van der Waals surface area (Å²) in [7, 11) is 0. The maximum atomic E-state index is 13.3. The standard InChI is InChI=1S/C15H15F2N3O2.ClH/c16-10-5-9(6-11(17)7-10)15-19-12-8-20(14(21)1-3-18)4-2-13(12)22-15;/h5-7H,1-4,8,18H2;1H. The quantitative estimate of drug-likeness (QED) is 0.928. The van der Waals surface area contributed by atoms with Gasteiger partial charge in [-0.3, -0.25) is 4.79 Å². The van der Waals surface area contributed by atoms with Crippen LogP contribution in [0.4, 0.5) is 8.78 Å². The molecule has 1 amide bonds. The number of nitrogens with two attached hydrogens (primary N) is 1. The van der Waals surface area contributed by atoms with Crippen molar-refractivity contribution >= 4 is 18.3 Å². The van der Waals surface area contributed by atoms with Crippen molar-refractivity contribution in [2.45, 2.75) is 19.4 Å². The lowest BCUT2D eigenvalue weighted by molar-refractivity contribution is -0.132. The molecule has 0 radical (unpaired) electrons. The number of hydrogen-bond donors (Lipinski definition) is 1. The molecule has 0 saturated carbocycles. The average Bonchev–Trinajstić information content (AvgIpc) is 2.89. The van der Waals surface area contributed by atoms with Crippen LogP contribution in [0, 0.1) is 11.6 Å². The molecule has 0 atom stereocenters. The number of carbonyl (C=O) groups excluding carboxylic acids is 1. The van der Waals surface area contributed by atoms with Crippen LogP contribution in [0.5, 0.6) is 0 Å². The van der Waals surface area contributed by atoms with E-state index < -0.39 is 11.6 Å². The summed E-state index contributed by atoms with van der Waals surface area (Å²) in [6.45, 7) is 1.16. The lowest BCUT2D eigenvalue weighted by Crippen LogP contribution is -2.36. The molecule has 1 aliphatic rings. The van der Waals surface area contributed by atoms with Crippen molar-refractivity contribution in [3.05, 3.63) is 41.3 Å². The Kier molecular flexibility index (Phi) is 5.33. The summed E-state index contributed by atoms with van der Waals surface area (Å²) in [6.07, 6.45) is 0.811. The Balaban J connectivity index is 0.00000192. The van der Waals surface area contributed by atoms with Gasteiger partial charge in [-0.25, -0.2) is 13.8 Å². The number of hydrogen-bond acceptors (Lipinski definition) is 4. The van der Waals surface area contributed by atoms with Crippen molar-refractivity contribution in [3.8, 4) is 11.5 Å². The summed E-state index contributed by atoms with van der Waals surface area (Å²) in [5.74, 6) is -0.598. The number of benzene rings is 1. The van der Waals surface area contributed by atoms with Crippen LogP contribution in [-0.4, -0.2) is 28.9 Å². The zero-order valence-electron chi connectivity index (χ0n) is 12.2. The first kappa shape index (κ1) is 17.4. The molecule has 2 heterocycles. The molecule has 1 aliphatic heterocycles. The first-order valence-corrected chi connectivity index (χ1v) is 6.99. The van der Waals surface area contributed by atoms with E-state index in [0.717, 1.165) is 18.2 Å². The Bertz CT molecular complexity index is 700. The third-order valence-electron chi connectivity index (χ3n) is 3.55. The second-order valence-corrected chi connectivity index (χ2v) is 5.15. The number of rotatable bonds is 3. The predicted octanol–water partition coefficient (Wildman–Crippen LogP) is 2.28. The molecule has 3 rings (SSSR count). The van der Waals surface area contributed by atoms with Crippen molar-refractivity contribution in [2.75, 3.05) is 13.1 Å². The van der Waals surface area contributed by atoms with E-state index >= 15 is 0 Å². The van der Waals surface area contributed by atoms with Crippen molar-refractivity contribution in [1.82, 2.24) is 9.88 Å². The minimum absolute atomic E-state index is 0. The van der Waals surface area contributed by atoms with Crippen molar-refractivity contribution in [1.29, 1.82) is 0 Å². The predicted molar refractivity (Wildman–Crippen MR) is 81.9 cm³/mol. The molecule has 0 bridgehead atoms. The van der Waals surface area contributed by atoms with Gasteiger partial charge in [0.2, 0.25) is 11.8 Å². The normalized spacial score (nSPS) is 13.4. The molecule has 1 aromatic carbocycles. The van der Waals surface area contributed by atoms with Crippen molar-refractivity contribution in [3.63, 3.8) is 0 Å². The summed E-state index contributed by atoms with van der Waals surface area (Å²) in [5, 5.41) is 0. The van der Waals surface area contributed by atoms with Crippen LogP contribution in [-0.2, 0) is 17.8 Å². The molecule has 23 heavy (non-hydrogen) atoms. The summed E-state index contributed by atoms with van der Waals surface area (Å²) in [6, 6.07) is 3.12. The zero-order valence-corrected chi connectivity index (χ0v) is 13.0. The summed E-state index contributed by atoms with van der Waals surface area (Å²) in [5.41, 5.74) is 6.25. The monoisotopic (exact) mass is 343 g/mol. The Labute approximate surface area is 137 Å². The molecule has 0 unspecified atom stereocenters. The van der Waals surface area contributed by atoms with Crippen LogP contribution in [0.1, 0.15) is 17.9 Å².